The SMILES string of the molecule is COc1cc(OC)cc(C(=O)N2CCC(O)(c3cccnc3)CC2)c1. The van der Waals surface area contributed by atoms with E-state index >= 15 is 0 Å². The quantitative estimate of drug-likeness (QED) is 0.922. The number of methoxy groups -OCH3 is 2. The highest BCUT2D eigenvalue weighted by Gasteiger charge is 2.35. The number of ether oxygens (including phenoxy) is 2. The average Bonchev–Trinajstić information content (AvgIpc) is 2.68. The Bertz CT molecular complexity index is 718. The predicted octanol–water partition coefficient (Wildman–Crippen LogP) is 2.22. The Morgan fingerprint density at radius 1 is 1.16 bits per heavy atom. The van der Waals surface area contributed by atoms with E-state index in [4.69, 9.17) is 9.47 Å². The van der Waals surface area contributed by atoms with E-state index in [-0.39, 0.29) is 5.91 Å². The van der Waals surface area contributed by atoms with Gasteiger partial charge in [-0.05, 0) is 31.0 Å². The maximum atomic E-state index is 12.8. The van der Waals surface area contributed by atoms with E-state index in [1.54, 1.807) is 49.7 Å². The van der Waals surface area contributed by atoms with Crippen molar-refractivity contribution in [2.45, 2.75) is 18.4 Å². The number of pyridine rings is 1. The number of amides is 1. The van der Waals surface area contributed by atoms with E-state index in [0.717, 1.165) is 5.56 Å². The molecule has 6 heteroatoms. The van der Waals surface area contributed by atoms with Crippen LogP contribution in [0.2, 0.25) is 0 Å². The molecule has 132 valence electrons. The van der Waals surface area contributed by atoms with E-state index in [9.17, 15) is 9.90 Å². The van der Waals surface area contributed by atoms with Crippen molar-refractivity contribution in [1.82, 2.24) is 9.88 Å². The van der Waals surface area contributed by atoms with Gasteiger partial charge in [-0.3, -0.25) is 9.78 Å². The lowest BCUT2D eigenvalue weighted by atomic mass is 9.85. The lowest BCUT2D eigenvalue weighted by Gasteiger charge is -2.38. The first-order valence-electron chi connectivity index (χ1n) is 8.21. The molecule has 0 aliphatic carbocycles. The Labute approximate surface area is 147 Å². The first-order chi connectivity index (χ1) is 12.1. The van der Waals surface area contributed by atoms with E-state index in [2.05, 4.69) is 4.98 Å². The smallest absolute Gasteiger partial charge is 0.254 e. The van der Waals surface area contributed by atoms with Gasteiger partial charge in [0.2, 0.25) is 0 Å². The van der Waals surface area contributed by atoms with E-state index in [1.165, 1.54) is 0 Å². The third kappa shape index (κ3) is 3.58. The Kier molecular flexibility index (Phi) is 4.90. The highest BCUT2D eigenvalue weighted by atomic mass is 16.5. The van der Waals surface area contributed by atoms with Gasteiger partial charge < -0.3 is 19.5 Å². The van der Waals surface area contributed by atoms with Gasteiger partial charge in [0.25, 0.3) is 5.91 Å². The molecule has 1 N–H and O–H groups in total. The molecule has 1 aromatic carbocycles. The van der Waals surface area contributed by atoms with Gasteiger partial charge in [0.1, 0.15) is 11.5 Å². The van der Waals surface area contributed by atoms with Crippen LogP contribution in [0.4, 0.5) is 0 Å². The van der Waals surface area contributed by atoms with Crippen LogP contribution in [0, 0.1) is 0 Å². The fourth-order valence-electron chi connectivity index (χ4n) is 3.12. The number of hydrogen-bond donors (Lipinski definition) is 1. The minimum absolute atomic E-state index is 0.0922. The zero-order chi connectivity index (χ0) is 17.9. The van der Waals surface area contributed by atoms with Crippen LogP contribution < -0.4 is 9.47 Å². The number of aromatic nitrogens is 1. The summed E-state index contributed by atoms with van der Waals surface area (Å²) in [6, 6.07) is 8.82. The molecule has 1 aliphatic rings. The summed E-state index contributed by atoms with van der Waals surface area (Å²) in [5.74, 6) is 1.06. The maximum Gasteiger partial charge on any atom is 0.254 e. The molecule has 1 amide bonds. The first-order valence-corrected chi connectivity index (χ1v) is 8.21. The highest BCUT2D eigenvalue weighted by Crippen LogP contribution is 2.33. The topological polar surface area (TPSA) is 71.9 Å². The third-order valence-electron chi connectivity index (χ3n) is 4.68. The summed E-state index contributed by atoms with van der Waals surface area (Å²) in [6.07, 6.45) is 4.32. The van der Waals surface area contributed by atoms with Gasteiger partial charge in [-0.25, -0.2) is 0 Å². The van der Waals surface area contributed by atoms with Crippen molar-refractivity contribution in [3.05, 3.63) is 53.9 Å². The molecule has 3 rings (SSSR count). The number of benzene rings is 1. The Hall–Kier alpha value is -2.60. The lowest BCUT2D eigenvalue weighted by molar-refractivity contribution is -0.0214. The van der Waals surface area contributed by atoms with Crippen molar-refractivity contribution in [2.24, 2.45) is 0 Å². The summed E-state index contributed by atoms with van der Waals surface area (Å²) in [7, 11) is 3.11. The monoisotopic (exact) mass is 342 g/mol. The number of rotatable bonds is 4. The van der Waals surface area contributed by atoms with Crippen LogP contribution in [0.1, 0.15) is 28.8 Å². The molecule has 1 aliphatic heterocycles. The summed E-state index contributed by atoms with van der Waals surface area (Å²) in [5, 5.41) is 10.9. The number of piperidine rings is 1. The molecule has 6 nitrogen and oxygen atoms in total. The summed E-state index contributed by atoms with van der Waals surface area (Å²) in [5.41, 5.74) is 0.380. The van der Waals surface area contributed by atoms with Crippen LogP contribution in [0.15, 0.2) is 42.7 Å². The van der Waals surface area contributed by atoms with Gasteiger partial charge in [-0.15, -0.1) is 0 Å². The molecular formula is C19H22N2O4. The number of carbonyl (C=O) groups excluding carboxylic acids is 1. The summed E-state index contributed by atoms with van der Waals surface area (Å²) in [4.78, 5) is 18.6. The Balaban J connectivity index is 1.74. The van der Waals surface area contributed by atoms with Crippen LogP contribution in [-0.2, 0) is 5.60 Å². The van der Waals surface area contributed by atoms with E-state index < -0.39 is 5.60 Å². The molecule has 0 radical (unpaired) electrons. The van der Waals surface area contributed by atoms with Crippen molar-refractivity contribution < 1.29 is 19.4 Å². The molecule has 0 spiro atoms. The van der Waals surface area contributed by atoms with Crippen molar-refractivity contribution in [1.29, 1.82) is 0 Å². The van der Waals surface area contributed by atoms with Crippen molar-refractivity contribution in [3.63, 3.8) is 0 Å². The number of nitrogens with zero attached hydrogens (tertiary/aromatic N) is 2. The maximum absolute atomic E-state index is 12.8. The molecule has 0 unspecified atom stereocenters. The molecular weight excluding hydrogens is 320 g/mol. The molecule has 0 saturated carbocycles. The molecule has 1 saturated heterocycles. The number of aliphatic hydroxyl groups is 1. The van der Waals surface area contributed by atoms with Crippen molar-refractivity contribution in [3.8, 4) is 11.5 Å². The lowest BCUT2D eigenvalue weighted by Crippen LogP contribution is -2.45. The zero-order valence-corrected chi connectivity index (χ0v) is 14.4. The summed E-state index contributed by atoms with van der Waals surface area (Å²) in [6.45, 7) is 0.952. The van der Waals surface area contributed by atoms with Crippen molar-refractivity contribution in [2.75, 3.05) is 27.3 Å². The third-order valence-corrected chi connectivity index (χ3v) is 4.68. The summed E-state index contributed by atoms with van der Waals surface area (Å²) >= 11 is 0. The second kappa shape index (κ2) is 7.11. The second-order valence-corrected chi connectivity index (χ2v) is 6.17. The highest BCUT2D eigenvalue weighted by molar-refractivity contribution is 5.95. The van der Waals surface area contributed by atoms with Gasteiger partial charge in [0.05, 0.1) is 19.8 Å². The molecule has 1 aromatic heterocycles. The fraction of sp³-hybridized carbons (Fsp3) is 0.368. The molecule has 2 heterocycles. The number of carbonyl (C=O) groups is 1. The van der Waals surface area contributed by atoms with Crippen LogP contribution in [0.25, 0.3) is 0 Å². The number of likely N-dealkylation sites (tertiary alicyclic amines) is 1. The first kappa shape index (κ1) is 17.2. The van der Waals surface area contributed by atoms with E-state index in [0.29, 0.717) is 43.0 Å². The molecule has 1 fully saturated rings. The molecule has 2 aromatic rings. The van der Waals surface area contributed by atoms with Crippen LogP contribution in [0.3, 0.4) is 0 Å². The van der Waals surface area contributed by atoms with Crippen LogP contribution in [-0.4, -0.2) is 48.2 Å². The average molecular weight is 342 g/mol. The van der Waals surface area contributed by atoms with Gasteiger partial charge in [-0.2, -0.15) is 0 Å². The van der Waals surface area contributed by atoms with Crippen LogP contribution >= 0.6 is 0 Å². The van der Waals surface area contributed by atoms with Gasteiger partial charge >= 0.3 is 0 Å². The number of hydrogen-bond acceptors (Lipinski definition) is 5. The summed E-state index contributed by atoms with van der Waals surface area (Å²) < 4.78 is 10.5. The Morgan fingerprint density at radius 3 is 2.32 bits per heavy atom. The zero-order valence-electron chi connectivity index (χ0n) is 14.4. The van der Waals surface area contributed by atoms with Gasteiger partial charge in [0.15, 0.2) is 0 Å². The second-order valence-electron chi connectivity index (χ2n) is 6.17. The minimum Gasteiger partial charge on any atom is -0.497 e. The minimum atomic E-state index is -0.933. The predicted molar refractivity (Wildman–Crippen MR) is 92.8 cm³/mol. The largest absolute Gasteiger partial charge is 0.497 e. The standard InChI is InChI=1S/C19H22N2O4/c1-24-16-10-14(11-17(12-16)25-2)18(22)21-8-5-19(23,6-9-21)15-4-3-7-20-13-15/h3-4,7,10-13,23H,5-6,8-9H2,1-2H3. The van der Waals surface area contributed by atoms with E-state index in [1.807, 2.05) is 12.1 Å². The van der Waals surface area contributed by atoms with Crippen LogP contribution in [0.5, 0.6) is 11.5 Å². The normalized spacial score (nSPS) is 16.4. The fourth-order valence-corrected chi connectivity index (χ4v) is 3.12. The molecule has 0 bridgehead atoms. The Morgan fingerprint density at radius 2 is 1.80 bits per heavy atom. The molecule has 25 heavy (non-hydrogen) atoms. The van der Waals surface area contributed by atoms with Gasteiger partial charge in [-0.1, -0.05) is 6.07 Å². The molecule has 0 atom stereocenters. The van der Waals surface area contributed by atoms with Crippen molar-refractivity contribution >= 4 is 5.91 Å². The van der Waals surface area contributed by atoms with Gasteiger partial charge in [0, 0.05) is 42.7 Å².